The molecule has 0 aliphatic carbocycles. The molecule has 0 radical (unpaired) electrons. The van der Waals surface area contributed by atoms with Crippen molar-refractivity contribution in [1.82, 2.24) is 4.98 Å². The number of hydrogen-bond acceptors (Lipinski definition) is 3. The Labute approximate surface area is 105 Å². The molecule has 18 heavy (non-hydrogen) atoms. The molecule has 0 N–H and O–H groups in total. The van der Waals surface area contributed by atoms with E-state index < -0.39 is 17.5 Å². The maximum Gasteiger partial charge on any atom is 0.417 e. The maximum absolute atomic E-state index is 12.7. The number of carbonyl (C=O) groups is 1. The number of halogens is 3. The standard InChI is InChI=1S/C12H8F3NOS/c13-12(14,15)10-1-3-16-6-9(10)11(17)5-8-2-4-18-7-8/h1-4,6-7H,5H2. The van der Waals surface area contributed by atoms with E-state index in [0.29, 0.717) is 5.56 Å². The van der Waals surface area contributed by atoms with Crippen molar-refractivity contribution in [2.75, 3.05) is 0 Å². The summed E-state index contributed by atoms with van der Waals surface area (Å²) >= 11 is 1.40. The van der Waals surface area contributed by atoms with Gasteiger partial charge in [-0.05, 0) is 28.5 Å². The van der Waals surface area contributed by atoms with E-state index in [9.17, 15) is 18.0 Å². The van der Waals surface area contributed by atoms with Crippen LogP contribution in [0.1, 0.15) is 21.5 Å². The molecular formula is C12H8F3NOS. The van der Waals surface area contributed by atoms with Gasteiger partial charge in [0.1, 0.15) is 0 Å². The Balaban J connectivity index is 2.31. The van der Waals surface area contributed by atoms with E-state index in [-0.39, 0.29) is 12.0 Å². The van der Waals surface area contributed by atoms with E-state index in [2.05, 4.69) is 4.98 Å². The fourth-order valence-electron chi connectivity index (χ4n) is 1.54. The summed E-state index contributed by atoms with van der Waals surface area (Å²) < 4.78 is 38.1. The second kappa shape index (κ2) is 4.89. The largest absolute Gasteiger partial charge is 0.417 e. The van der Waals surface area contributed by atoms with Gasteiger partial charge in [0.05, 0.1) is 5.56 Å². The second-order valence-corrected chi connectivity index (χ2v) is 4.43. The smallest absolute Gasteiger partial charge is 0.294 e. The Morgan fingerprint density at radius 3 is 2.72 bits per heavy atom. The minimum Gasteiger partial charge on any atom is -0.294 e. The fourth-order valence-corrected chi connectivity index (χ4v) is 2.21. The number of Topliss-reactive ketones (excluding diaryl/α,β-unsaturated/α-hetero) is 1. The molecule has 0 unspecified atom stereocenters. The van der Waals surface area contributed by atoms with Crippen LogP contribution < -0.4 is 0 Å². The summed E-state index contributed by atoms with van der Waals surface area (Å²) in [5, 5.41) is 3.51. The van der Waals surface area contributed by atoms with Gasteiger partial charge in [-0.1, -0.05) is 0 Å². The number of pyridine rings is 1. The summed E-state index contributed by atoms with van der Waals surface area (Å²) in [7, 11) is 0. The van der Waals surface area contributed by atoms with Crippen molar-refractivity contribution in [3.63, 3.8) is 0 Å². The number of carbonyl (C=O) groups excluding carboxylic acids is 1. The maximum atomic E-state index is 12.7. The molecule has 0 atom stereocenters. The molecule has 6 heteroatoms. The third-order valence-corrected chi connectivity index (χ3v) is 3.10. The molecule has 2 aromatic heterocycles. The Kier molecular flexibility index (Phi) is 3.47. The predicted molar refractivity (Wildman–Crippen MR) is 61.6 cm³/mol. The van der Waals surface area contributed by atoms with E-state index in [1.165, 1.54) is 11.3 Å². The Morgan fingerprint density at radius 2 is 2.11 bits per heavy atom. The summed E-state index contributed by atoms with van der Waals surface area (Å²) in [5.41, 5.74) is -0.601. The van der Waals surface area contributed by atoms with Crippen LogP contribution in [0.4, 0.5) is 13.2 Å². The normalized spacial score (nSPS) is 11.5. The van der Waals surface area contributed by atoms with Gasteiger partial charge in [0.15, 0.2) is 5.78 Å². The molecule has 0 fully saturated rings. The van der Waals surface area contributed by atoms with Gasteiger partial charge in [0.25, 0.3) is 0 Å². The Morgan fingerprint density at radius 1 is 1.33 bits per heavy atom. The van der Waals surface area contributed by atoms with Gasteiger partial charge in [-0.25, -0.2) is 0 Å². The third-order valence-electron chi connectivity index (χ3n) is 2.37. The first-order valence-electron chi connectivity index (χ1n) is 5.04. The lowest BCUT2D eigenvalue weighted by atomic mass is 10.0. The lowest BCUT2D eigenvalue weighted by Crippen LogP contribution is -2.14. The SMILES string of the molecule is O=C(Cc1ccsc1)c1cnccc1C(F)(F)F. The van der Waals surface area contributed by atoms with Crippen LogP contribution in [0.3, 0.4) is 0 Å². The molecule has 0 aliphatic rings. The molecule has 0 bridgehead atoms. The molecule has 0 saturated heterocycles. The minimum atomic E-state index is -4.54. The molecule has 94 valence electrons. The number of aromatic nitrogens is 1. The third kappa shape index (κ3) is 2.76. The topological polar surface area (TPSA) is 30.0 Å². The van der Waals surface area contributed by atoms with Gasteiger partial charge in [-0.3, -0.25) is 9.78 Å². The van der Waals surface area contributed by atoms with Crippen molar-refractivity contribution < 1.29 is 18.0 Å². The summed E-state index contributed by atoms with van der Waals surface area (Å²) in [4.78, 5) is 15.4. The van der Waals surface area contributed by atoms with Crippen molar-refractivity contribution >= 4 is 17.1 Å². The first kappa shape index (κ1) is 12.8. The lowest BCUT2D eigenvalue weighted by molar-refractivity contribution is -0.138. The van der Waals surface area contributed by atoms with Crippen molar-refractivity contribution in [1.29, 1.82) is 0 Å². The second-order valence-electron chi connectivity index (χ2n) is 3.65. The van der Waals surface area contributed by atoms with Gasteiger partial charge < -0.3 is 0 Å². The Bertz CT molecular complexity index is 549. The molecule has 0 aliphatic heterocycles. The minimum absolute atomic E-state index is 0.0434. The average molecular weight is 271 g/mol. The van der Waals surface area contributed by atoms with Gasteiger partial charge in [-0.2, -0.15) is 24.5 Å². The number of hydrogen-bond donors (Lipinski definition) is 0. The lowest BCUT2D eigenvalue weighted by Gasteiger charge is -2.10. The summed E-state index contributed by atoms with van der Waals surface area (Å²) in [6, 6.07) is 2.53. The van der Waals surface area contributed by atoms with E-state index in [1.54, 1.807) is 16.8 Å². The van der Waals surface area contributed by atoms with Crippen molar-refractivity contribution in [3.8, 4) is 0 Å². The van der Waals surface area contributed by atoms with Crippen molar-refractivity contribution in [2.45, 2.75) is 12.6 Å². The van der Waals surface area contributed by atoms with E-state index in [0.717, 1.165) is 18.5 Å². The van der Waals surface area contributed by atoms with Crippen LogP contribution in [0.2, 0.25) is 0 Å². The van der Waals surface area contributed by atoms with E-state index in [1.807, 2.05) is 0 Å². The van der Waals surface area contributed by atoms with Gasteiger partial charge in [0.2, 0.25) is 0 Å². The summed E-state index contributed by atoms with van der Waals surface area (Å²) in [6.07, 6.45) is -2.58. The Hall–Kier alpha value is -1.69. The predicted octanol–water partition coefficient (Wildman–Crippen LogP) is 3.59. The zero-order valence-electron chi connectivity index (χ0n) is 9.07. The number of rotatable bonds is 3. The zero-order valence-corrected chi connectivity index (χ0v) is 9.89. The number of ketones is 1. The summed E-state index contributed by atoms with van der Waals surface area (Å²) in [6.45, 7) is 0. The fraction of sp³-hybridized carbons (Fsp3) is 0.167. The highest BCUT2D eigenvalue weighted by molar-refractivity contribution is 7.08. The van der Waals surface area contributed by atoms with Crippen molar-refractivity contribution in [2.24, 2.45) is 0 Å². The van der Waals surface area contributed by atoms with Crippen molar-refractivity contribution in [3.05, 3.63) is 52.0 Å². The van der Waals surface area contributed by atoms with Crippen LogP contribution in [0.5, 0.6) is 0 Å². The first-order chi connectivity index (χ1) is 8.48. The van der Waals surface area contributed by atoms with Crippen LogP contribution >= 0.6 is 11.3 Å². The molecule has 0 aromatic carbocycles. The first-order valence-corrected chi connectivity index (χ1v) is 5.98. The number of nitrogens with zero attached hydrogens (tertiary/aromatic N) is 1. The molecule has 0 spiro atoms. The highest BCUT2D eigenvalue weighted by atomic mass is 32.1. The van der Waals surface area contributed by atoms with Gasteiger partial charge in [0, 0.05) is 24.4 Å². The molecule has 2 aromatic rings. The van der Waals surface area contributed by atoms with Gasteiger partial charge >= 0.3 is 6.18 Å². The number of thiophene rings is 1. The molecule has 0 amide bonds. The molecule has 2 nitrogen and oxygen atoms in total. The highest BCUT2D eigenvalue weighted by Gasteiger charge is 2.34. The quantitative estimate of drug-likeness (QED) is 0.798. The molecule has 2 heterocycles. The van der Waals surface area contributed by atoms with Crippen LogP contribution in [0.25, 0.3) is 0 Å². The molecule has 2 rings (SSSR count). The monoisotopic (exact) mass is 271 g/mol. The number of alkyl halides is 3. The molecule has 0 saturated carbocycles. The van der Waals surface area contributed by atoms with Crippen LogP contribution in [0, 0.1) is 0 Å². The van der Waals surface area contributed by atoms with E-state index >= 15 is 0 Å². The van der Waals surface area contributed by atoms with E-state index in [4.69, 9.17) is 0 Å². The molecular weight excluding hydrogens is 263 g/mol. The zero-order chi connectivity index (χ0) is 13.2. The summed E-state index contributed by atoms with van der Waals surface area (Å²) in [5.74, 6) is -0.575. The van der Waals surface area contributed by atoms with Gasteiger partial charge in [-0.15, -0.1) is 0 Å². The van der Waals surface area contributed by atoms with Crippen LogP contribution in [-0.2, 0) is 12.6 Å². The van der Waals surface area contributed by atoms with Crippen LogP contribution in [-0.4, -0.2) is 10.8 Å². The average Bonchev–Trinajstić information content (AvgIpc) is 2.80. The van der Waals surface area contributed by atoms with Crippen LogP contribution in [0.15, 0.2) is 35.3 Å². The highest BCUT2D eigenvalue weighted by Crippen LogP contribution is 2.31.